The fourth-order valence-electron chi connectivity index (χ4n) is 3.00. The van der Waals surface area contributed by atoms with Gasteiger partial charge in [0.1, 0.15) is 0 Å². The Morgan fingerprint density at radius 1 is 1.47 bits per heavy atom. The van der Waals surface area contributed by atoms with E-state index < -0.39 is 0 Å². The van der Waals surface area contributed by atoms with Crippen molar-refractivity contribution >= 4 is 0 Å². The summed E-state index contributed by atoms with van der Waals surface area (Å²) < 4.78 is 5.33. The summed E-state index contributed by atoms with van der Waals surface area (Å²) in [7, 11) is 1.76. The zero-order chi connectivity index (χ0) is 11.5. The van der Waals surface area contributed by atoms with Gasteiger partial charge in [-0.2, -0.15) is 0 Å². The highest BCUT2D eigenvalue weighted by Gasteiger charge is 2.41. The third-order valence-electron chi connectivity index (χ3n) is 3.78. The molecule has 1 aliphatic rings. The maximum absolute atomic E-state index is 5.93. The van der Waals surface area contributed by atoms with Crippen molar-refractivity contribution < 1.29 is 4.74 Å². The summed E-state index contributed by atoms with van der Waals surface area (Å²) in [6.45, 7) is 8.19. The second-order valence-electron chi connectivity index (χ2n) is 5.03. The molecule has 3 nitrogen and oxygen atoms in total. The Labute approximate surface area is 94.0 Å². The maximum atomic E-state index is 5.93. The molecule has 15 heavy (non-hydrogen) atoms. The average molecular weight is 214 g/mol. The molecule has 0 saturated carbocycles. The number of methoxy groups -OCH3 is 1. The quantitative estimate of drug-likeness (QED) is 0.755. The zero-order valence-electron chi connectivity index (χ0n) is 10.6. The second-order valence-corrected chi connectivity index (χ2v) is 5.03. The molecule has 0 bridgehead atoms. The fraction of sp³-hybridized carbons (Fsp3) is 1.00. The molecule has 1 rings (SSSR count). The van der Waals surface area contributed by atoms with E-state index in [-0.39, 0.29) is 5.54 Å². The predicted octanol–water partition coefficient (Wildman–Crippen LogP) is 1.61. The monoisotopic (exact) mass is 214 g/mol. The number of hydrogen-bond donors (Lipinski definition) is 1. The van der Waals surface area contributed by atoms with E-state index in [1.165, 1.54) is 19.3 Å². The first-order valence-corrected chi connectivity index (χ1v) is 6.06. The summed E-state index contributed by atoms with van der Waals surface area (Å²) >= 11 is 0. The van der Waals surface area contributed by atoms with Crippen LogP contribution >= 0.6 is 0 Å². The largest absolute Gasteiger partial charge is 0.383 e. The molecule has 0 amide bonds. The van der Waals surface area contributed by atoms with Crippen LogP contribution in [0, 0.1) is 0 Å². The van der Waals surface area contributed by atoms with Crippen molar-refractivity contribution in [1.29, 1.82) is 0 Å². The summed E-state index contributed by atoms with van der Waals surface area (Å²) in [5.74, 6) is 0. The first-order valence-electron chi connectivity index (χ1n) is 6.06. The molecule has 0 spiro atoms. The number of nitrogens with two attached hydrogens (primary N) is 1. The zero-order valence-corrected chi connectivity index (χ0v) is 10.6. The van der Waals surface area contributed by atoms with Gasteiger partial charge in [-0.15, -0.1) is 0 Å². The van der Waals surface area contributed by atoms with Gasteiger partial charge >= 0.3 is 0 Å². The van der Waals surface area contributed by atoms with Crippen molar-refractivity contribution in [2.24, 2.45) is 5.73 Å². The van der Waals surface area contributed by atoms with Gasteiger partial charge in [0.2, 0.25) is 0 Å². The Morgan fingerprint density at radius 3 is 2.60 bits per heavy atom. The fourth-order valence-corrected chi connectivity index (χ4v) is 3.00. The van der Waals surface area contributed by atoms with E-state index in [2.05, 4.69) is 25.7 Å². The number of likely N-dealkylation sites (tertiary alicyclic amines) is 1. The molecule has 3 heteroatoms. The third-order valence-corrected chi connectivity index (χ3v) is 3.78. The highest BCUT2D eigenvalue weighted by atomic mass is 16.5. The Morgan fingerprint density at radius 2 is 2.13 bits per heavy atom. The molecule has 0 aromatic rings. The van der Waals surface area contributed by atoms with Crippen molar-refractivity contribution in [1.82, 2.24) is 4.90 Å². The molecular formula is C12H26N2O. The first kappa shape index (κ1) is 12.9. The minimum absolute atomic E-state index is 0.00530. The summed E-state index contributed by atoms with van der Waals surface area (Å²) in [5, 5.41) is 0. The molecule has 3 unspecified atom stereocenters. The molecule has 3 atom stereocenters. The number of hydrogen-bond acceptors (Lipinski definition) is 3. The molecule has 2 N–H and O–H groups in total. The van der Waals surface area contributed by atoms with E-state index >= 15 is 0 Å². The van der Waals surface area contributed by atoms with Crippen LogP contribution < -0.4 is 5.73 Å². The molecule has 1 aliphatic heterocycles. The lowest BCUT2D eigenvalue weighted by atomic mass is 9.98. The van der Waals surface area contributed by atoms with Crippen molar-refractivity contribution in [3.63, 3.8) is 0 Å². The summed E-state index contributed by atoms with van der Waals surface area (Å²) in [5.41, 5.74) is 5.94. The Kier molecular flexibility index (Phi) is 4.56. The van der Waals surface area contributed by atoms with Crippen LogP contribution in [0.2, 0.25) is 0 Å². The molecule has 0 radical (unpaired) electrons. The second kappa shape index (κ2) is 5.28. The van der Waals surface area contributed by atoms with E-state index in [1.807, 2.05) is 0 Å². The lowest BCUT2D eigenvalue weighted by Crippen LogP contribution is -2.58. The van der Waals surface area contributed by atoms with Crippen LogP contribution in [0.25, 0.3) is 0 Å². The normalized spacial score (nSPS) is 31.8. The van der Waals surface area contributed by atoms with Crippen LogP contribution in [0.3, 0.4) is 0 Å². The van der Waals surface area contributed by atoms with Crippen LogP contribution in [-0.2, 0) is 4.74 Å². The third kappa shape index (κ3) is 2.52. The lowest BCUT2D eigenvalue weighted by Gasteiger charge is -2.44. The van der Waals surface area contributed by atoms with Gasteiger partial charge in [-0.25, -0.2) is 0 Å². The van der Waals surface area contributed by atoms with Gasteiger partial charge in [0.05, 0.1) is 12.1 Å². The molecule has 1 saturated heterocycles. The first-order chi connectivity index (χ1) is 7.09. The van der Waals surface area contributed by atoms with Crippen molar-refractivity contribution in [3.05, 3.63) is 0 Å². The van der Waals surface area contributed by atoms with E-state index in [4.69, 9.17) is 10.5 Å². The van der Waals surface area contributed by atoms with Crippen LogP contribution in [-0.4, -0.2) is 42.8 Å². The summed E-state index contributed by atoms with van der Waals surface area (Å²) in [4.78, 5) is 2.58. The molecule has 90 valence electrons. The van der Waals surface area contributed by atoms with E-state index in [9.17, 15) is 0 Å². The van der Waals surface area contributed by atoms with Crippen LogP contribution in [0.4, 0.5) is 0 Å². The SMILES string of the molecule is CCC1CCC(C)N1C(C)(CN)COC. The molecular weight excluding hydrogens is 188 g/mol. The minimum atomic E-state index is 0.00530. The number of nitrogens with zero attached hydrogens (tertiary/aromatic N) is 1. The van der Waals surface area contributed by atoms with Crippen molar-refractivity contribution in [2.75, 3.05) is 20.3 Å². The van der Waals surface area contributed by atoms with Crippen LogP contribution in [0.1, 0.15) is 40.0 Å². The maximum Gasteiger partial charge on any atom is 0.0656 e. The van der Waals surface area contributed by atoms with Gasteiger partial charge in [0.25, 0.3) is 0 Å². The van der Waals surface area contributed by atoms with Crippen molar-refractivity contribution in [2.45, 2.75) is 57.7 Å². The molecule has 0 aromatic carbocycles. The topological polar surface area (TPSA) is 38.5 Å². The number of ether oxygens (including phenoxy) is 1. The van der Waals surface area contributed by atoms with Gasteiger partial charge in [-0.3, -0.25) is 4.90 Å². The summed E-state index contributed by atoms with van der Waals surface area (Å²) in [6.07, 6.45) is 3.80. The summed E-state index contributed by atoms with van der Waals surface area (Å²) in [6, 6.07) is 1.32. The molecule has 1 heterocycles. The standard InChI is InChI=1S/C12H26N2O/c1-5-11-7-6-10(2)14(11)12(3,8-13)9-15-4/h10-11H,5-9,13H2,1-4H3. The smallest absolute Gasteiger partial charge is 0.0656 e. The van der Waals surface area contributed by atoms with Gasteiger partial charge < -0.3 is 10.5 Å². The van der Waals surface area contributed by atoms with E-state index in [0.29, 0.717) is 18.6 Å². The van der Waals surface area contributed by atoms with Gasteiger partial charge in [-0.1, -0.05) is 6.92 Å². The molecule has 0 aliphatic carbocycles. The van der Waals surface area contributed by atoms with Crippen molar-refractivity contribution in [3.8, 4) is 0 Å². The van der Waals surface area contributed by atoms with Gasteiger partial charge in [0, 0.05) is 25.7 Å². The lowest BCUT2D eigenvalue weighted by molar-refractivity contribution is -0.00239. The number of rotatable bonds is 5. The Balaban J connectivity index is 2.80. The van der Waals surface area contributed by atoms with Gasteiger partial charge in [-0.05, 0) is 33.1 Å². The van der Waals surface area contributed by atoms with E-state index in [1.54, 1.807) is 7.11 Å². The highest BCUT2D eigenvalue weighted by molar-refractivity contribution is 4.97. The Bertz CT molecular complexity index is 198. The molecule has 0 aromatic heterocycles. The van der Waals surface area contributed by atoms with Crippen LogP contribution in [0.15, 0.2) is 0 Å². The van der Waals surface area contributed by atoms with Gasteiger partial charge in [0.15, 0.2) is 0 Å². The minimum Gasteiger partial charge on any atom is -0.383 e. The van der Waals surface area contributed by atoms with E-state index in [0.717, 1.165) is 6.61 Å². The highest BCUT2D eigenvalue weighted by Crippen LogP contribution is 2.33. The molecule has 1 fully saturated rings. The Hall–Kier alpha value is -0.120. The van der Waals surface area contributed by atoms with Crippen LogP contribution in [0.5, 0.6) is 0 Å². The predicted molar refractivity (Wildman–Crippen MR) is 63.9 cm³/mol. The average Bonchev–Trinajstić information content (AvgIpc) is 2.60.